The second-order valence-corrected chi connectivity index (χ2v) is 32.7. The topological polar surface area (TPSA) is 206 Å². The number of hydrogen-bond donors (Lipinski definition) is 0. The largest absolute Gasteiger partial charge is 0.255 e. The van der Waals surface area contributed by atoms with Gasteiger partial charge in [-0.25, -0.2) is 34.9 Å². The van der Waals surface area contributed by atoms with Crippen LogP contribution in [0.25, 0.3) is 255 Å². The van der Waals surface area contributed by atoms with E-state index in [-0.39, 0.29) is 0 Å². The first-order chi connectivity index (χ1) is 66.4. The maximum atomic E-state index is 5.25. The van der Waals surface area contributed by atoms with Crippen LogP contribution in [0.4, 0.5) is 0 Å². The summed E-state index contributed by atoms with van der Waals surface area (Å²) in [5.41, 5.74) is 30.5. The van der Waals surface area contributed by atoms with Gasteiger partial charge >= 0.3 is 0 Å². The Morgan fingerprint density at radius 2 is 0.433 bits per heavy atom. The SMILES string of the molecule is c1ccc(-c2cc(-c3ccc(-c4c5ccccc5nc5c4ccc4cccnc45)c4ccccc34)cc(-c3ccccn3)n2)nc1.c1ccc(-c2cc(-c3ccc4cc(-c5c6ccccc6nc6c5ccc5cccnc56)ccc4c3)cc(-c3ccccn3)n2)nc1.c1ccc(-c2cc(-c3cccc(-c4c5ccccc5nc5c4ccc4cccnc45)n3)cc(-c3ccccn3)n2)nc1. The van der Waals surface area contributed by atoms with E-state index in [0.717, 1.165) is 249 Å². The highest BCUT2D eigenvalue weighted by Crippen LogP contribution is 2.46. The van der Waals surface area contributed by atoms with E-state index in [1.807, 2.05) is 195 Å². The molecule has 624 valence electrons. The van der Waals surface area contributed by atoms with Crippen LogP contribution in [0.15, 0.2) is 438 Å². The molecule has 0 saturated heterocycles. The van der Waals surface area contributed by atoms with Crippen LogP contribution in [0.3, 0.4) is 0 Å². The quantitative estimate of drug-likeness (QED) is 0.0823. The predicted molar refractivity (Wildman–Crippen MR) is 542 cm³/mol. The molecule has 0 aliphatic heterocycles. The molecule has 134 heavy (non-hydrogen) atoms. The normalized spacial score (nSPS) is 11.4. The van der Waals surface area contributed by atoms with Crippen LogP contribution in [0.2, 0.25) is 0 Å². The third-order valence-electron chi connectivity index (χ3n) is 24.6. The number of pyridine rings is 16. The molecule has 16 heteroatoms. The first-order valence-corrected chi connectivity index (χ1v) is 44.2. The minimum absolute atomic E-state index is 0.762. The minimum atomic E-state index is 0.762. The van der Waals surface area contributed by atoms with Crippen LogP contribution < -0.4 is 0 Å². The number of nitrogens with zero attached hydrogens (tertiary/aromatic N) is 16. The Kier molecular flexibility index (Phi) is 20.2. The fourth-order valence-corrected chi connectivity index (χ4v) is 18.4. The Morgan fingerprint density at radius 3 is 0.858 bits per heavy atom. The minimum Gasteiger partial charge on any atom is -0.255 e. The summed E-state index contributed by atoms with van der Waals surface area (Å²) in [5.74, 6) is 0. The van der Waals surface area contributed by atoms with Crippen molar-refractivity contribution in [3.63, 3.8) is 0 Å². The fourth-order valence-electron chi connectivity index (χ4n) is 18.4. The molecule has 0 bridgehead atoms. The van der Waals surface area contributed by atoms with Crippen molar-refractivity contribution >= 4 is 120 Å². The molecule has 16 nitrogen and oxygen atoms in total. The van der Waals surface area contributed by atoms with Crippen LogP contribution in [-0.2, 0) is 0 Å². The Morgan fingerprint density at radius 1 is 0.127 bits per heavy atom. The van der Waals surface area contributed by atoms with Crippen molar-refractivity contribution in [3.8, 4) is 135 Å². The molecule has 26 aromatic rings. The standard InChI is InChI=1S/2C41H25N5.C36H22N6/c1-2-10-34-32(9-1)39(33-18-17-26-8-7-21-44-40(26)41(33)46-34)30-16-15-27-22-29(14-13-28(27)23-30)31-24-37(35-11-3-5-19-42-35)45-38(25-31)36-12-4-6-20-43-36;1-2-12-30-29(11-1)28(27-24-37(35-15-5-7-21-42-35)45-38(25-27)36-16-6-8-22-43-36)19-20-31(30)39-32-13-3-4-14-34(32)46-41-33(39)18-17-26-10-9-23-44-40(26)41;1-2-11-28-25(10-1)34(26-17-16-23-9-8-20-39-35(23)36(26)42-28)31-15-7-14-27(40-31)24-21-32(29-12-3-5-18-37-29)41-33(22-24)30-13-4-6-19-38-30/h2*1-25H;1-22H. The number of aromatic nitrogens is 16. The van der Waals surface area contributed by atoms with Gasteiger partial charge in [-0.1, -0.05) is 212 Å². The van der Waals surface area contributed by atoms with Crippen molar-refractivity contribution in [2.45, 2.75) is 0 Å². The first kappa shape index (κ1) is 78.9. The summed E-state index contributed by atoms with van der Waals surface area (Å²) in [7, 11) is 0. The monoisotopic (exact) mass is 1710 g/mol. The molecule has 0 aliphatic rings. The van der Waals surface area contributed by atoms with Crippen LogP contribution in [0, 0.1) is 0 Å². The number of hydrogen-bond acceptors (Lipinski definition) is 16. The highest BCUT2D eigenvalue weighted by molar-refractivity contribution is 6.22. The zero-order valence-electron chi connectivity index (χ0n) is 71.7. The summed E-state index contributed by atoms with van der Waals surface area (Å²) in [6.45, 7) is 0. The van der Waals surface area contributed by atoms with E-state index < -0.39 is 0 Å². The molecule has 0 amide bonds. The average molecular weight is 1710 g/mol. The fraction of sp³-hybridized carbons (Fsp3) is 0. The van der Waals surface area contributed by atoms with Crippen LogP contribution in [-0.4, -0.2) is 79.7 Å². The lowest BCUT2D eigenvalue weighted by Crippen LogP contribution is -1.96. The molecule has 0 atom stereocenters. The zero-order chi connectivity index (χ0) is 88.8. The molecule has 0 N–H and O–H groups in total. The first-order valence-electron chi connectivity index (χ1n) is 44.2. The third kappa shape index (κ3) is 14.9. The molecule has 0 spiro atoms. The molecule has 0 fully saturated rings. The predicted octanol–water partition coefficient (Wildman–Crippen LogP) is 28.1. The summed E-state index contributed by atoms with van der Waals surface area (Å²) in [6, 6.07) is 131. The highest BCUT2D eigenvalue weighted by Gasteiger charge is 2.24. The van der Waals surface area contributed by atoms with E-state index >= 15 is 0 Å². The van der Waals surface area contributed by atoms with E-state index in [4.69, 9.17) is 49.8 Å². The maximum absolute atomic E-state index is 5.25. The number of benzene rings is 10. The third-order valence-corrected chi connectivity index (χ3v) is 24.6. The lowest BCUT2D eigenvalue weighted by atomic mass is 9.88. The summed E-state index contributed by atoms with van der Waals surface area (Å²) >= 11 is 0. The summed E-state index contributed by atoms with van der Waals surface area (Å²) in [5, 5.41) is 14.3. The van der Waals surface area contributed by atoms with Gasteiger partial charge in [0.15, 0.2) is 0 Å². The summed E-state index contributed by atoms with van der Waals surface area (Å²) in [4.78, 5) is 77.0. The Bertz CT molecular complexity index is 8910. The van der Waals surface area contributed by atoms with Crippen molar-refractivity contribution in [1.82, 2.24) is 79.7 Å². The van der Waals surface area contributed by atoms with Gasteiger partial charge in [0.05, 0.1) is 129 Å². The molecule has 16 heterocycles. The van der Waals surface area contributed by atoms with Gasteiger partial charge in [0.1, 0.15) is 0 Å². The average Bonchev–Trinajstić information content (AvgIpc) is 0.728. The Hall–Kier alpha value is -18.5. The second kappa shape index (κ2) is 34.2. The van der Waals surface area contributed by atoms with Crippen LogP contribution in [0.1, 0.15) is 0 Å². The summed E-state index contributed by atoms with van der Waals surface area (Å²) < 4.78 is 0. The zero-order valence-corrected chi connectivity index (χ0v) is 71.7. The molecule has 0 radical (unpaired) electrons. The number of para-hydroxylation sites is 3. The Labute approximate surface area is 767 Å². The maximum Gasteiger partial charge on any atom is 0.0979 e. The summed E-state index contributed by atoms with van der Waals surface area (Å²) in [6.07, 6.45) is 16.3. The van der Waals surface area contributed by atoms with Gasteiger partial charge in [-0.3, -0.25) is 44.9 Å². The molecule has 10 aromatic carbocycles. The van der Waals surface area contributed by atoms with E-state index in [2.05, 4.69) is 236 Å². The van der Waals surface area contributed by atoms with E-state index in [1.165, 1.54) is 5.56 Å². The van der Waals surface area contributed by atoms with Gasteiger partial charge in [0.25, 0.3) is 0 Å². The Balaban J connectivity index is 0.000000111. The van der Waals surface area contributed by atoms with Crippen molar-refractivity contribution < 1.29 is 0 Å². The molecule has 16 aromatic heterocycles. The van der Waals surface area contributed by atoms with Gasteiger partial charge < -0.3 is 0 Å². The molecule has 26 rings (SSSR count). The lowest BCUT2D eigenvalue weighted by molar-refractivity contribution is 1.21. The molecular weight excluding hydrogens is 1640 g/mol. The number of fused-ring (bicyclic) bond motifs is 14. The van der Waals surface area contributed by atoms with Crippen molar-refractivity contribution in [1.29, 1.82) is 0 Å². The molecule has 0 aliphatic carbocycles. The van der Waals surface area contributed by atoms with Gasteiger partial charge in [-0.2, -0.15) is 0 Å². The van der Waals surface area contributed by atoms with Gasteiger partial charge in [-0.05, 0) is 225 Å². The van der Waals surface area contributed by atoms with Crippen LogP contribution in [0.5, 0.6) is 0 Å². The van der Waals surface area contributed by atoms with E-state index in [9.17, 15) is 0 Å². The van der Waals surface area contributed by atoms with Crippen molar-refractivity contribution in [2.75, 3.05) is 0 Å². The van der Waals surface area contributed by atoms with Gasteiger partial charge in [0, 0.05) is 127 Å². The highest BCUT2D eigenvalue weighted by atomic mass is 14.9. The second-order valence-electron chi connectivity index (χ2n) is 32.7. The van der Waals surface area contributed by atoms with Gasteiger partial charge in [-0.15, -0.1) is 0 Å². The number of rotatable bonds is 12. The molecule has 0 saturated carbocycles. The lowest BCUT2D eigenvalue weighted by Gasteiger charge is -2.17. The van der Waals surface area contributed by atoms with E-state index in [1.54, 1.807) is 37.2 Å². The smallest absolute Gasteiger partial charge is 0.0979 e. The van der Waals surface area contributed by atoms with Crippen molar-refractivity contribution in [3.05, 3.63) is 438 Å². The van der Waals surface area contributed by atoms with E-state index in [0.29, 0.717) is 0 Å². The van der Waals surface area contributed by atoms with Gasteiger partial charge in [0.2, 0.25) is 0 Å². The van der Waals surface area contributed by atoms with Crippen molar-refractivity contribution in [2.24, 2.45) is 0 Å². The van der Waals surface area contributed by atoms with Crippen LogP contribution >= 0.6 is 0 Å². The molecular formula is C118H72N16. The molecule has 0 unspecified atom stereocenters.